The summed E-state index contributed by atoms with van der Waals surface area (Å²) in [5.41, 5.74) is 0.609. The van der Waals surface area contributed by atoms with Gasteiger partial charge in [0.2, 0.25) is 0 Å². The lowest BCUT2D eigenvalue weighted by molar-refractivity contribution is 0.0593. The van der Waals surface area contributed by atoms with E-state index in [0.29, 0.717) is 31.2 Å². The van der Waals surface area contributed by atoms with Crippen LogP contribution in [0.5, 0.6) is 0 Å². The van der Waals surface area contributed by atoms with Crippen LogP contribution in [0.3, 0.4) is 0 Å². The average Bonchev–Trinajstić information content (AvgIpc) is 2.79. The highest BCUT2D eigenvalue weighted by atomic mass is 35.5. The maximum atomic E-state index is 12.3. The summed E-state index contributed by atoms with van der Waals surface area (Å²) in [7, 11) is 1.29. The van der Waals surface area contributed by atoms with E-state index in [4.69, 9.17) is 11.6 Å². The van der Waals surface area contributed by atoms with Gasteiger partial charge in [0.05, 0.1) is 7.11 Å². The van der Waals surface area contributed by atoms with Crippen LogP contribution in [0.25, 0.3) is 0 Å². The van der Waals surface area contributed by atoms with Crippen molar-refractivity contribution in [2.24, 2.45) is 0 Å². The number of hydrogen-bond acceptors (Lipinski definition) is 4. The van der Waals surface area contributed by atoms with Crippen molar-refractivity contribution in [2.75, 3.05) is 26.1 Å². The predicted molar refractivity (Wildman–Crippen MR) is 69.4 cm³/mol. The third-order valence-corrected chi connectivity index (χ3v) is 3.31. The number of rotatable bonds is 4. The molecule has 6 nitrogen and oxygen atoms in total. The number of carbonyl (C=O) groups is 2. The summed E-state index contributed by atoms with van der Waals surface area (Å²) in [5.74, 6) is -0.109. The number of methoxy groups -OCH3 is 1. The summed E-state index contributed by atoms with van der Waals surface area (Å²) in [6, 6.07) is 1.49. The first-order valence-corrected chi connectivity index (χ1v) is 6.72. The number of halogens is 1. The quantitative estimate of drug-likeness (QED) is 0.615. The lowest BCUT2D eigenvalue weighted by atomic mass is 10.3. The Morgan fingerprint density at radius 1 is 1.53 bits per heavy atom. The Labute approximate surface area is 116 Å². The summed E-state index contributed by atoms with van der Waals surface area (Å²) in [5, 5.41) is 4.12. The second kappa shape index (κ2) is 6.06. The van der Waals surface area contributed by atoms with Gasteiger partial charge < -0.3 is 9.64 Å². The zero-order chi connectivity index (χ0) is 13.8. The molecule has 1 aromatic heterocycles. The highest BCUT2D eigenvalue weighted by Gasteiger charge is 2.25. The number of fused-ring (bicyclic) bond motifs is 1. The predicted octanol–water partition coefficient (Wildman–Crippen LogP) is 1.14. The van der Waals surface area contributed by atoms with Gasteiger partial charge in [0.15, 0.2) is 5.69 Å². The molecule has 0 saturated heterocycles. The van der Waals surface area contributed by atoms with E-state index in [-0.39, 0.29) is 11.6 Å². The van der Waals surface area contributed by atoms with Crippen LogP contribution < -0.4 is 0 Å². The molecule has 0 radical (unpaired) electrons. The second-order valence-corrected chi connectivity index (χ2v) is 4.70. The van der Waals surface area contributed by atoms with Crippen molar-refractivity contribution >= 4 is 23.5 Å². The van der Waals surface area contributed by atoms with Crippen LogP contribution in [0, 0.1) is 0 Å². The van der Waals surface area contributed by atoms with Crippen LogP contribution in [0.2, 0.25) is 0 Å². The largest absolute Gasteiger partial charge is 0.464 e. The SMILES string of the molecule is COC(=O)c1cc2n(n1)CCCN(CCCCl)C2=O. The van der Waals surface area contributed by atoms with Gasteiger partial charge in [-0.2, -0.15) is 5.10 Å². The molecule has 104 valence electrons. The van der Waals surface area contributed by atoms with E-state index in [1.54, 1.807) is 9.58 Å². The molecule has 0 atom stereocenters. The van der Waals surface area contributed by atoms with Crippen LogP contribution in [0.4, 0.5) is 0 Å². The zero-order valence-corrected chi connectivity index (χ0v) is 11.5. The molecular weight excluding hydrogens is 270 g/mol. The lowest BCUT2D eigenvalue weighted by Crippen LogP contribution is -2.32. The molecule has 0 unspecified atom stereocenters. The molecule has 0 bridgehead atoms. The number of hydrogen-bond donors (Lipinski definition) is 0. The van der Waals surface area contributed by atoms with E-state index in [1.807, 2.05) is 0 Å². The molecule has 0 fully saturated rings. The van der Waals surface area contributed by atoms with Crippen molar-refractivity contribution < 1.29 is 14.3 Å². The standard InChI is InChI=1S/C12H16ClN3O3/c1-19-12(18)9-8-10-11(17)15(5-2-4-13)6-3-7-16(10)14-9/h8H,2-7H2,1H3. The Kier molecular flexibility index (Phi) is 4.42. The average molecular weight is 286 g/mol. The van der Waals surface area contributed by atoms with Crippen molar-refractivity contribution in [1.82, 2.24) is 14.7 Å². The maximum absolute atomic E-state index is 12.3. The monoisotopic (exact) mass is 285 g/mol. The van der Waals surface area contributed by atoms with Crippen LogP contribution in [-0.4, -0.2) is 52.6 Å². The van der Waals surface area contributed by atoms with E-state index in [2.05, 4.69) is 9.84 Å². The molecule has 1 aromatic rings. The zero-order valence-electron chi connectivity index (χ0n) is 10.8. The van der Waals surface area contributed by atoms with Gasteiger partial charge in [-0.1, -0.05) is 0 Å². The number of esters is 1. The minimum atomic E-state index is -0.527. The molecule has 1 aliphatic rings. The van der Waals surface area contributed by atoms with Gasteiger partial charge in [0.1, 0.15) is 5.69 Å². The van der Waals surface area contributed by atoms with E-state index in [9.17, 15) is 9.59 Å². The number of alkyl halides is 1. The van der Waals surface area contributed by atoms with Crippen molar-refractivity contribution in [3.63, 3.8) is 0 Å². The second-order valence-electron chi connectivity index (χ2n) is 4.32. The van der Waals surface area contributed by atoms with Crippen molar-refractivity contribution in [3.05, 3.63) is 17.5 Å². The Balaban J connectivity index is 2.23. The Bertz CT molecular complexity index is 487. The summed E-state index contributed by atoms with van der Waals surface area (Å²) in [6.45, 7) is 1.93. The number of amides is 1. The Hall–Kier alpha value is -1.56. The molecule has 0 saturated carbocycles. The smallest absolute Gasteiger partial charge is 0.358 e. The van der Waals surface area contributed by atoms with Gasteiger partial charge >= 0.3 is 5.97 Å². The Morgan fingerprint density at radius 2 is 2.32 bits per heavy atom. The van der Waals surface area contributed by atoms with E-state index < -0.39 is 5.97 Å². The third-order valence-electron chi connectivity index (χ3n) is 3.04. The third kappa shape index (κ3) is 2.89. The first kappa shape index (κ1) is 13.9. The minimum absolute atomic E-state index is 0.106. The van der Waals surface area contributed by atoms with E-state index in [1.165, 1.54) is 13.2 Å². The number of ether oxygens (including phenoxy) is 1. The normalized spacial score (nSPS) is 15.1. The van der Waals surface area contributed by atoms with Crippen molar-refractivity contribution in [2.45, 2.75) is 19.4 Å². The lowest BCUT2D eigenvalue weighted by Gasteiger charge is -2.19. The fraction of sp³-hybridized carbons (Fsp3) is 0.583. The topological polar surface area (TPSA) is 64.4 Å². The van der Waals surface area contributed by atoms with E-state index >= 15 is 0 Å². The van der Waals surface area contributed by atoms with Gasteiger partial charge in [-0.3, -0.25) is 9.48 Å². The van der Waals surface area contributed by atoms with Crippen LogP contribution in [-0.2, 0) is 11.3 Å². The van der Waals surface area contributed by atoms with E-state index in [0.717, 1.165) is 12.8 Å². The molecule has 2 rings (SSSR count). The first-order chi connectivity index (χ1) is 9.17. The van der Waals surface area contributed by atoms with Gasteiger partial charge in [0, 0.05) is 31.6 Å². The molecule has 0 aromatic carbocycles. The van der Waals surface area contributed by atoms with Crippen molar-refractivity contribution in [1.29, 1.82) is 0 Å². The van der Waals surface area contributed by atoms with Crippen LogP contribution >= 0.6 is 11.6 Å². The molecule has 0 N–H and O–H groups in total. The summed E-state index contributed by atoms with van der Waals surface area (Å²) in [6.07, 6.45) is 1.56. The fourth-order valence-corrected chi connectivity index (χ4v) is 2.22. The molecule has 0 aliphatic carbocycles. The summed E-state index contributed by atoms with van der Waals surface area (Å²) < 4.78 is 6.19. The van der Waals surface area contributed by atoms with Gasteiger partial charge in [-0.15, -0.1) is 11.6 Å². The molecule has 1 aliphatic heterocycles. The number of nitrogens with zero attached hydrogens (tertiary/aromatic N) is 3. The molecule has 19 heavy (non-hydrogen) atoms. The number of aromatic nitrogens is 2. The molecular formula is C12H16ClN3O3. The Morgan fingerprint density at radius 3 is 3.00 bits per heavy atom. The van der Waals surface area contributed by atoms with Gasteiger partial charge in [-0.25, -0.2) is 4.79 Å². The van der Waals surface area contributed by atoms with Crippen LogP contribution in [0.1, 0.15) is 33.8 Å². The van der Waals surface area contributed by atoms with Crippen molar-refractivity contribution in [3.8, 4) is 0 Å². The van der Waals surface area contributed by atoms with Gasteiger partial charge in [-0.05, 0) is 12.8 Å². The summed E-state index contributed by atoms with van der Waals surface area (Å²) in [4.78, 5) is 25.5. The number of carbonyl (C=O) groups excluding carboxylic acids is 2. The minimum Gasteiger partial charge on any atom is -0.464 e. The highest BCUT2D eigenvalue weighted by molar-refractivity contribution is 6.17. The molecule has 1 amide bonds. The van der Waals surface area contributed by atoms with Crippen LogP contribution in [0.15, 0.2) is 6.07 Å². The summed E-state index contributed by atoms with van der Waals surface area (Å²) >= 11 is 5.66. The molecule has 0 spiro atoms. The number of aryl methyl sites for hydroxylation is 1. The highest BCUT2D eigenvalue weighted by Crippen LogP contribution is 2.15. The van der Waals surface area contributed by atoms with Gasteiger partial charge in [0.25, 0.3) is 5.91 Å². The molecule has 2 heterocycles. The fourth-order valence-electron chi connectivity index (χ4n) is 2.10. The first-order valence-electron chi connectivity index (χ1n) is 6.18. The molecule has 7 heteroatoms. The maximum Gasteiger partial charge on any atom is 0.358 e.